The second kappa shape index (κ2) is 7.12. The van der Waals surface area contributed by atoms with E-state index in [1.54, 1.807) is 7.11 Å². The summed E-state index contributed by atoms with van der Waals surface area (Å²) < 4.78 is 10.9. The number of hydrogen-bond donors (Lipinski definition) is 2. The lowest BCUT2D eigenvalue weighted by Gasteiger charge is -2.13. The molecule has 0 radical (unpaired) electrons. The van der Waals surface area contributed by atoms with Crippen LogP contribution in [0.3, 0.4) is 0 Å². The Balaban J connectivity index is 1.32. The van der Waals surface area contributed by atoms with Crippen molar-refractivity contribution in [2.45, 2.75) is 25.3 Å². The van der Waals surface area contributed by atoms with Gasteiger partial charge in [0.2, 0.25) is 5.91 Å². The summed E-state index contributed by atoms with van der Waals surface area (Å²) in [6.07, 6.45) is 2.03. The zero-order valence-corrected chi connectivity index (χ0v) is 14.7. The van der Waals surface area contributed by atoms with Crippen LogP contribution in [0.1, 0.15) is 17.7 Å². The normalized spacial score (nSPS) is 15.7. The van der Waals surface area contributed by atoms with Crippen molar-refractivity contribution in [3.63, 3.8) is 0 Å². The molecule has 1 aromatic heterocycles. The highest BCUT2D eigenvalue weighted by atomic mass is 16.5. The van der Waals surface area contributed by atoms with Gasteiger partial charge >= 0.3 is 0 Å². The molecule has 0 saturated carbocycles. The smallest absolute Gasteiger partial charge is 0.223 e. The Morgan fingerprint density at radius 2 is 2.00 bits per heavy atom. The third kappa shape index (κ3) is 3.38. The lowest BCUT2D eigenvalue weighted by molar-refractivity contribution is -0.122. The minimum Gasteiger partial charge on any atom is -0.497 e. The molecule has 1 amide bonds. The highest BCUT2D eigenvalue weighted by Gasteiger charge is 2.26. The fourth-order valence-electron chi connectivity index (χ4n) is 3.56. The summed E-state index contributed by atoms with van der Waals surface area (Å²) in [4.78, 5) is 15.7. The SMILES string of the molecule is COc1ccc2[nH]c3c(c2c1)CC(NC(=O)CCOc1ccccc1)C3. The van der Waals surface area contributed by atoms with Gasteiger partial charge in [0.1, 0.15) is 11.5 Å². The maximum absolute atomic E-state index is 12.2. The van der Waals surface area contributed by atoms with Gasteiger partial charge in [0.15, 0.2) is 0 Å². The minimum absolute atomic E-state index is 0.0259. The third-order valence-corrected chi connectivity index (χ3v) is 4.81. The van der Waals surface area contributed by atoms with E-state index in [0.717, 1.165) is 29.9 Å². The summed E-state index contributed by atoms with van der Waals surface area (Å²) in [6.45, 7) is 0.383. The van der Waals surface area contributed by atoms with Gasteiger partial charge in [-0.25, -0.2) is 0 Å². The molecule has 2 N–H and O–H groups in total. The number of methoxy groups -OCH3 is 1. The molecule has 3 aromatic rings. The number of fused-ring (bicyclic) bond motifs is 3. The molecule has 0 aliphatic heterocycles. The van der Waals surface area contributed by atoms with Gasteiger partial charge in [0.05, 0.1) is 20.1 Å². The second-order valence-electron chi connectivity index (χ2n) is 6.58. The maximum Gasteiger partial charge on any atom is 0.223 e. The number of aromatic nitrogens is 1. The van der Waals surface area contributed by atoms with Gasteiger partial charge in [-0.1, -0.05) is 18.2 Å². The molecule has 0 saturated heterocycles. The van der Waals surface area contributed by atoms with E-state index >= 15 is 0 Å². The lowest BCUT2D eigenvalue weighted by Crippen LogP contribution is -2.36. The monoisotopic (exact) mass is 350 g/mol. The summed E-state index contributed by atoms with van der Waals surface area (Å²) in [5.41, 5.74) is 3.61. The molecule has 1 unspecified atom stereocenters. The standard InChI is InChI=1S/C21H22N2O3/c1-25-16-7-8-19-18(13-16)17-11-14(12-20(17)23-19)22-21(24)9-10-26-15-5-3-2-4-6-15/h2-8,13-14,23H,9-12H2,1H3,(H,22,24). The van der Waals surface area contributed by atoms with Crippen molar-refractivity contribution < 1.29 is 14.3 Å². The number of ether oxygens (including phenoxy) is 2. The molecule has 5 heteroatoms. The van der Waals surface area contributed by atoms with Crippen LogP contribution in [-0.4, -0.2) is 30.6 Å². The van der Waals surface area contributed by atoms with Gasteiger partial charge in [-0.3, -0.25) is 4.79 Å². The number of benzene rings is 2. The molecule has 1 aliphatic carbocycles. The first-order chi connectivity index (χ1) is 12.7. The molecule has 1 atom stereocenters. The van der Waals surface area contributed by atoms with Crippen molar-refractivity contribution >= 4 is 16.8 Å². The van der Waals surface area contributed by atoms with Crippen LogP contribution in [0.25, 0.3) is 10.9 Å². The van der Waals surface area contributed by atoms with Crippen molar-refractivity contribution in [1.82, 2.24) is 10.3 Å². The summed E-state index contributed by atoms with van der Waals surface area (Å²) in [5.74, 6) is 1.67. The molecule has 1 aliphatic rings. The van der Waals surface area contributed by atoms with E-state index in [-0.39, 0.29) is 11.9 Å². The number of hydrogen-bond acceptors (Lipinski definition) is 3. The van der Waals surface area contributed by atoms with Crippen LogP contribution in [0.4, 0.5) is 0 Å². The van der Waals surface area contributed by atoms with E-state index in [9.17, 15) is 4.79 Å². The zero-order chi connectivity index (χ0) is 17.9. The maximum atomic E-state index is 12.2. The van der Waals surface area contributed by atoms with Gasteiger partial charge in [0.25, 0.3) is 0 Å². The van der Waals surface area contributed by atoms with Crippen LogP contribution in [-0.2, 0) is 17.6 Å². The van der Waals surface area contributed by atoms with Crippen molar-refractivity contribution in [2.24, 2.45) is 0 Å². The molecular weight excluding hydrogens is 328 g/mol. The Kier molecular flexibility index (Phi) is 4.52. The fraction of sp³-hybridized carbons (Fsp3) is 0.286. The van der Waals surface area contributed by atoms with Crippen LogP contribution < -0.4 is 14.8 Å². The quantitative estimate of drug-likeness (QED) is 0.717. The molecular formula is C21H22N2O3. The Hall–Kier alpha value is -2.95. The van der Waals surface area contributed by atoms with Crippen LogP contribution in [0.5, 0.6) is 11.5 Å². The van der Waals surface area contributed by atoms with Crippen molar-refractivity contribution in [2.75, 3.05) is 13.7 Å². The molecule has 2 aromatic carbocycles. The molecule has 5 nitrogen and oxygen atoms in total. The number of carbonyl (C=O) groups excluding carboxylic acids is 1. The van der Waals surface area contributed by atoms with Crippen molar-refractivity contribution in [3.8, 4) is 11.5 Å². The van der Waals surface area contributed by atoms with E-state index < -0.39 is 0 Å². The zero-order valence-electron chi connectivity index (χ0n) is 14.7. The average molecular weight is 350 g/mol. The molecule has 0 spiro atoms. The van der Waals surface area contributed by atoms with E-state index in [1.165, 1.54) is 16.6 Å². The summed E-state index contributed by atoms with van der Waals surface area (Å²) in [7, 11) is 1.68. The van der Waals surface area contributed by atoms with Gasteiger partial charge < -0.3 is 19.8 Å². The van der Waals surface area contributed by atoms with Crippen LogP contribution in [0, 0.1) is 0 Å². The Morgan fingerprint density at radius 3 is 2.81 bits per heavy atom. The molecule has 0 fully saturated rings. The number of H-pyrrole nitrogens is 1. The average Bonchev–Trinajstić information content (AvgIpc) is 3.19. The molecule has 0 bridgehead atoms. The Morgan fingerprint density at radius 1 is 1.15 bits per heavy atom. The van der Waals surface area contributed by atoms with Gasteiger partial charge in [-0.2, -0.15) is 0 Å². The number of aromatic amines is 1. The van der Waals surface area contributed by atoms with Crippen LogP contribution >= 0.6 is 0 Å². The van der Waals surface area contributed by atoms with Crippen molar-refractivity contribution in [3.05, 3.63) is 59.8 Å². The van der Waals surface area contributed by atoms with Crippen LogP contribution in [0.2, 0.25) is 0 Å². The number of nitrogens with one attached hydrogen (secondary N) is 2. The predicted octanol–water partition coefficient (Wildman–Crippen LogP) is 3.23. The summed E-state index contributed by atoms with van der Waals surface area (Å²) in [5, 5.41) is 4.31. The molecule has 134 valence electrons. The minimum atomic E-state index is 0.0259. The Labute approximate surface area is 152 Å². The first-order valence-corrected chi connectivity index (χ1v) is 8.87. The summed E-state index contributed by atoms with van der Waals surface area (Å²) >= 11 is 0. The molecule has 1 heterocycles. The highest BCUT2D eigenvalue weighted by molar-refractivity contribution is 5.87. The van der Waals surface area contributed by atoms with Gasteiger partial charge in [0, 0.05) is 29.1 Å². The Bertz CT molecular complexity index is 918. The highest BCUT2D eigenvalue weighted by Crippen LogP contribution is 2.32. The van der Waals surface area contributed by atoms with E-state index in [1.807, 2.05) is 42.5 Å². The topological polar surface area (TPSA) is 63.3 Å². The largest absolute Gasteiger partial charge is 0.497 e. The van der Waals surface area contributed by atoms with E-state index in [4.69, 9.17) is 9.47 Å². The first-order valence-electron chi connectivity index (χ1n) is 8.87. The van der Waals surface area contributed by atoms with Gasteiger partial charge in [-0.05, 0) is 42.3 Å². The summed E-state index contributed by atoms with van der Waals surface area (Å²) in [6, 6.07) is 15.7. The first kappa shape index (κ1) is 16.5. The van der Waals surface area contributed by atoms with Crippen molar-refractivity contribution in [1.29, 1.82) is 0 Å². The molecule has 26 heavy (non-hydrogen) atoms. The number of amides is 1. The second-order valence-corrected chi connectivity index (χ2v) is 6.58. The fourth-order valence-corrected chi connectivity index (χ4v) is 3.56. The third-order valence-electron chi connectivity index (χ3n) is 4.81. The molecule has 4 rings (SSSR count). The predicted molar refractivity (Wildman–Crippen MR) is 101 cm³/mol. The van der Waals surface area contributed by atoms with E-state index in [0.29, 0.717) is 13.0 Å². The van der Waals surface area contributed by atoms with E-state index in [2.05, 4.69) is 16.4 Å². The number of carbonyl (C=O) groups is 1. The number of rotatable bonds is 6. The lowest BCUT2D eigenvalue weighted by atomic mass is 10.1. The number of para-hydroxylation sites is 1. The van der Waals surface area contributed by atoms with Crippen LogP contribution in [0.15, 0.2) is 48.5 Å². The van der Waals surface area contributed by atoms with Gasteiger partial charge in [-0.15, -0.1) is 0 Å².